The third kappa shape index (κ3) is 3.19. The molecule has 6 heteroatoms. The van der Waals surface area contributed by atoms with Crippen molar-refractivity contribution in [2.45, 2.75) is 0 Å². The number of benzene rings is 2. The second-order valence-electron chi connectivity index (χ2n) is 4.07. The van der Waals surface area contributed by atoms with Gasteiger partial charge in [-0.2, -0.15) is 0 Å². The molecule has 0 aliphatic carbocycles. The highest BCUT2D eigenvalue weighted by Gasteiger charge is 2.12. The van der Waals surface area contributed by atoms with E-state index in [9.17, 15) is 9.18 Å². The van der Waals surface area contributed by atoms with Crippen LogP contribution >= 0.6 is 11.6 Å². The summed E-state index contributed by atoms with van der Waals surface area (Å²) in [4.78, 5) is 12.1. The van der Waals surface area contributed by atoms with Gasteiger partial charge in [0.1, 0.15) is 11.6 Å². The van der Waals surface area contributed by atoms with Crippen LogP contribution in [0, 0.1) is 5.82 Å². The number of nitrogens with two attached hydrogens (primary N) is 1. The minimum atomic E-state index is -0.576. The molecular weight excluding hydrogens is 283 g/mol. The van der Waals surface area contributed by atoms with Gasteiger partial charge in [0.25, 0.3) is 5.91 Å². The smallest absolute Gasteiger partial charge is 0.255 e. The first-order chi connectivity index (χ1) is 9.49. The lowest BCUT2D eigenvalue weighted by molar-refractivity contribution is 0.102. The minimum Gasteiger partial charge on any atom is -0.495 e. The summed E-state index contributed by atoms with van der Waals surface area (Å²) < 4.78 is 18.3. The van der Waals surface area contributed by atoms with Gasteiger partial charge >= 0.3 is 0 Å². The van der Waals surface area contributed by atoms with Crippen molar-refractivity contribution in [3.63, 3.8) is 0 Å². The van der Waals surface area contributed by atoms with Crippen molar-refractivity contribution in [2.24, 2.45) is 0 Å². The molecule has 0 fully saturated rings. The summed E-state index contributed by atoms with van der Waals surface area (Å²) in [6.07, 6.45) is 0. The fourth-order valence-corrected chi connectivity index (χ4v) is 1.89. The Hall–Kier alpha value is -2.27. The number of hydrogen-bond donors (Lipinski definition) is 2. The number of nitrogens with one attached hydrogen (secondary N) is 1. The Kier molecular flexibility index (Phi) is 4.10. The van der Waals surface area contributed by atoms with Crippen molar-refractivity contribution in [3.8, 4) is 5.75 Å². The van der Waals surface area contributed by atoms with Crippen LogP contribution in [0.3, 0.4) is 0 Å². The topological polar surface area (TPSA) is 64.3 Å². The lowest BCUT2D eigenvalue weighted by Crippen LogP contribution is -2.13. The molecule has 4 nitrogen and oxygen atoms in total. The molecule has 0 saturated heterocycles. The van der Waals surface area contributed by atoms with Crippen LogP contribution in [0.15, 0.2) is 36.4 Å². The fourth-order valence-electron chi connectivity index (χ4n) is 1.72. The molecule has 0 heterocycles. The number of carbonyl (C=O) groups is 1. The Morgan fingerprint density at radius 2 is 2.05 bits per heavy atom. The number of ether oxygens (including phenoxy) is 1. The number of hydrogen-bond acceptors (Lipinski definition) is 3. The highest BCUT2D eigenvalue weighted by molar-refractivity contribution is 6.31. The number of carbonyl (C=O) groups excluding carboxylic acids is 1. The van der Waals surface area contributed by atoms with Gasteiger partial charge in [-0.3, -0.25) is 4.79 Å². The Morgan fingerprint density at radius 1 is 1.30 bits per heavy atom. The minimum absolute atomic E-state index is 0.115. The van der Waals surface area contributed by atoms with Gasteiger partial charge in [0, 0.05) is 16.3 Å². The zero-order chi connectivity index (χ0) is 14.7. The van der Waals surface area contributed by atoms with Crippen LogP contribution in [-0.2, 0) is 0 Å². The molecule has 0 atom stereocenters. The van der Waals surface area contributed by atoms with E-state index in [1.807, 2.05) is 0 Å². The summed E-state index contributed by atoms with van der Waals surface area (Å²) in [5.74, 6) is -0.628. The largest absolute Gasteiger partial charge is 0.495 e. The van der Waals surface area contributed by atoms with Crippen molar-refractivity contribution in [2.75, 3.05) is 18.2 Å². The molecule has 3 N–H and O–H groups in total. The van der Waals surface area contributed by atoms with Gasteiger partial charge in [0.2, 0.25) is 0 Å². The van der Waals surface area contributed by atoms with E-state index in [4.69, 9.17) is 22.1 Å². The molecule has 0 spiro atoms. The average molecular weight is 295 g/mol. The molecule has 0 aliphatic heterocycles. The summed E-state index contributed by atoms with van der Waals surface area (Å²) in [6.45, 7) is 0. The van der Waals surface area contributed by atoms with E-state index in [1.165, 1.54) is 13.2 Å². The predicted molar refractivity (Wildman–Crippen MR) is 76.8 cm³/mol. The van der Waals surface area contributed by atoms with Gasteiger partial charge < -0.3 is 15.8 Å². The summed E-state index contributed by atoms with van der Waals surface area (Å²) >= 11 is 5.87. The van der Waals surface area contributed by atoms with E-state index >= 15 is 0 Å². The molecule has 0 saturated carbocycles. The molecule has 0 radical (unpaired) electrons. The number of anilines is 2. The van der Waals surface area contributed by atoms with Gasteiger partial charge in [-0.05, 0) is 36.4 Å². The van der Waals surface area contributed by atoms with Crippen molar-refractivity contribution >= 4 is 28.9 Å². The molecule has 2 rings (SSSR count). The second-order valence-corrected chi connectivity index (χ2v) is 4.51. The van der Waals surface area contributed by atoms with Gasteiger partial charge in [0.05, 0.1) is 12.8 Å². The highest BCUT2D eigenvalue weighted by Crippen LogP contribution is 2.28. The van der Waals surface area contributed by atoms with Crippen LogP contribution in [0.5, 0.6) is 5.75 Å². The number of halogens is 2. The van der Waals surface area contributed by atoms with Crippen molar-refractivity contribution in [1.82, 2.24) is 0 Å². The monoisotopic (exact) mass is 294 g/mol. The van der Waals surface area contributed by atoms with E-state index in [1.54, 1.807) is 18.2 Å². The molecule has 0 bridgehead atoms. The first kappa shape index (κ1) is 14.1. The first-order valence-corrected chi connectivity index (χ1v) is 6.08. The SMILES string of the molecule is COc1ccc(Cl)cc1NC(=O)c1cc(N)cc(F)c1. The normalized spacial score (nSPS) is 10.2. The summed E-state index contributed by atoms with van der Waals surface area (Å²) in [7, 11) is 1.47. The van der Waals surface area contributed by atoms with Crippen LogP contribution in [-0.4, -0.2) is 13.0 Å². The lowest BCUT2D eigenvalue weighted by Gasteiger charge is -2.11. The van der Waals surface area contributed by atoms with Crippen molar-refractivity contribution in [1.29, 1.82) is 0 Å². The van der Waals surface area contributed by atoms with Crippen LogP contribution in [0.2, 0.25) is 5.02 Å². The molecule has 20 heavy (non-hydrogen) atoms. The van der Waals surface area contributed by atoms with Gasteiger partial charge in [-0.1, -0.05) is 11.6 Å². The Labute approximate surface area is 120 Å². The van der Waals surface area contributed by atoms with E-state index in [-0.39, 0.29) is 11.3 Å². The summed E-state index contributed by atoms with van der Waals surface area (Å²) in [6, 6.07) is 8.42. The van der Waals surface area contributed by atoms with E-state index in [0.717, 1.165) is 12.1 Å². The first-order valence-electron chi connectivity index (χ1n) is 5.70. The molecule has 0 aromatic heterocycles. The number of amides is 1. The van der Waals surface area contributed by atoms with Crippen molar-refractivity contribution < 1.29 is 13.9 Å². The molecule has 2 aromatic carbocycles. The van der Waals surface area contributed by atoms with E-state index in [0.29, 0.717) is 16.5 Å². The number of nitrogen functional groups attached to an aromatic ring is 1. The molecule has 1 amide bonds. The Balaban J connectivity index is 2.29. The average Bonchev–Trinajstić information content (AvgIpc) is 2.37. The summed E-state index contributed by atoms with van der Waals surface area (Å²) in [5, 5.41) is 3.05. The molecule has 0 aliphatic rings. The third-order valence-electron chi connectivity index (χ3n) is 2.59. The number of methoxy groups -OCH3 is 1. The van der Waals surface area contributed by atoms with E-state index in [2.05, 4.69) is 5.32 Å². The summed E-state index contributed by atoms with van der Waals surface area (Å²) in [5.41, 5.74) is 6.19. The Morgan fingerprint density at radius 3 is 2.70 bits per heavy atom. The quantitative estimate of drug-likeness (QED) is 0.854. The fraction of sp³-hybridized carbons (Fsp3) is 0.0714. The third-order valence-corrected chi connectivity index (χ3v) is 2.83. The van der Waals surface area contributed by atoms with Crippen LogP contribution in [0.25, 0.3) is 0 Å². The van der Waals surface area contributed by atoms with Gasteiger partial charge in [0.15, 0.2) is 0 Å². The maximum absolute atomic E-state index is 13.2. The maximum Gasteiger partial charge on any atom is 0.255 e. The molecule has 104 valence electrons. The predicted octanol–water partition coefficient (Wildman–Crippen LogP) is 3.32. The number of rotatable bonds is 3. The lowest BCUT2D eigenvalue weighted by atomic mass is 10.1. The zero-order valence-corrected chi connectivity index (χ0v) is 11.4. The second kappa shape index (κ2) is 5.79. The molecular formula is C14H12ClFN2O2. The van der Waals surface area contributed by atoms with E-state index < -0.39 is 11.7 Å². The van der Waals surface area contributed by atoms with Crippen LogP contribution in [0.1, 0.15) is 10.4 Å². The standard InChI is InChI=1S/C14H12ClFN2O2/c1-20-13-3-2-9(15)6-12(13)18-14(19)8-4-10(16)7-11(17)5-8/h2-7H,17H2,1H3,(H,18,19). The molecule has 0 unspecified atom stereocenters. The molecule has 2 aromatic rings. The zero-order valence-electron chi connectivity index (χ0n) is 10.6. The van der Waals surface area contributed by atoms with Crippen LogP contribution in [0.4, 0.5) is 15.8 Å². The van der Waals surface area contributed by atoms with Crippen LogP contribution < -0.4 is 15.8 Å². The maximum atomic E-state index is 13.2. The highest BCUT2D eigenvalue weighted by atomic mass is 35.5. The Bertz CT molecular complexity index is 641. The van der Waals surface area contributed by atoms with Gasteiger partial charge in [-0.25, -0.2) is 4.39 Å². The van der Waals surface area contributed by atoms with Crippen molar-refractivity contribution in [3.05, 3.63) is 52.8 Å². The van der Waals surface area contributed by atoms with Gasteiger partial charge in [-0.15, -0.1) is 0 Å².